The van der Waals surface area contributed by atoms with Crippen molar-refractivity contribution in [2.45, 2.75) is 25.5 Å². The molecule has 0 amide bonds. The Morgan fingerprint density at radius 3 is 3.00 bits per heavy atom. The molecule has 1 aromatic heterocycles. The van der Waals surface area contributed by atoms with Gasteiger partial charge >= 0.3 is 0 Å². The van der Waals surface area contributed by atoms with Crippen LogP contribution in [-0.4, -0.2) is 26.0 Å². The van der Waals surface area contributed by atoms with Crippen LogP contribution < -0.4 is 0 Å². The summed E-state index contributed by atoms with van der Waals surface area (Å²) < 4.78 is 2.80. The number of benzene rings is 1. The van der Waals surface area contributed by atoms with E-state index in [1.807, 2.05) is 28.9 Å². The Morgan fingerprint density at radius 1 is 1.35 bits per heavy atom. The second kappa shape index (κ2) is 4.23. The summed E-state index contributed by atoms with van der Waals surface area (Å²) in [7, 11) is 0. The van der Waals surface area contributed by atoms with E-state index in [0.717, 1.165) is 34.5 Å². The molecule has 88 valence electrons. The fraction of sp³-hybridized carbons (Fsp3) is 0.333. The molecule has 1 atom stereocenters. The first kappa shape index (κ1) is 10.9. The largest absolute Gasteiger partial charge is 0.391 e. The lowest BCUT2D eigenvalue weighted by Gasteiger charge is -2.16. The molecule has 17 heavy (non-hydrogen) atoms. The van der Waals surface area contributed by atoms with Crippen LogP contribution in [0.2, 0.25) is 0 Å². The van der Waals surface area contributed by atoms with Crippen LogP contribution >= 0.6 is 15.9 Å². The van der Waals surface area contributed by atoms with Crippen LogP contribution in [0.3, 0.4) is 0 Å². The van der Waals surface area contributed by atoms with Crippen molar-refractivity contribution in [3.8, 4) is 11.4 Å². The molecule has 1 N–H and O–H groups in total. The first-order valence-electron chi connectivity index (χ1n) is 5.61. The molecule has 0 bridgehead atoms. The molecule has 1 aliphatic rings. The Hall–Kier alpha value is -1.20. The van der Waals surface area contributed by atoms with Gasteiger partial charge in [-0.2, -0.15) is 5.10 Å². The molecule has 0 radical (unpaired) electrons. The number of fused-ring (bicyclic) bond motifs is 1. The maximum atomic E-state index is 9.59. The van der Waals surface area contributed by atoms with Crippen molar-refractivity contribution in [1.29, 1.82) is 0 Å². The average Bonchev–Trinajstić information content (AvgIpc) is 2.72. The van der Waals surface area contributed by atoms with E-state index >= 15 is 0 Å². The predicted octanol–water partition coefficient (Wildman–Crippen LogP) is 2.01. The molecule has 2 aromatic rings. The molecule has 5 heteroatoms. The molecular weight excluding hydrogens is 282 g/mol. The minimum absolute atomic E-state index is 0.295. The lowest BCUT2D eigenvalue weighted by molar-refractivity contribution is 0.124. The van der Waals surface area contributed by atoms with E-state index in [-0.39, 0.29) is 6.10 Å². The van der Waals surface area contributed by atoms with Gasteiger partial charge < -0.3 is 5.11 Å². The Bertz CT molecular complexity index is 552. The maximum Gasteiger partial charge on any atom is 0.182 e. The van der Waals surface area contributed by atoms with Crippen LogP contribution in [0, 0.1) is 0 Å². The Balaban J connectivity index is 2.03. The Labute approximate surface area is 107 Å². The van der Waals surface area contributed by atoms with Gasteiger partial charge in [-0.1, -0.05) is 28.1 Å². The number of aliphatic hydroxyl groups excluding tert-OH is 1. The van der Waals surface area contributed by atoms with Crippen molar-refractivity contribution in [1.82, 2.24) is 14.8 Å². The lowest BCUT2D eigenvalue weighted by atomic mass is 10.1. The summed E-state index contributed by atoms with van der Waals surface area (Å²) in [4.78, 5) is 4.53. The molecule has 0 aliphatic carbocycles. The molecule has 1 unspecified atom stereocenters. The summed E-state index contributed by atoms with van der Waals surface area (Å²) in [5, 5.41) is 14.0. The number of hydrogen-bond donors (Lipinski definition) is 1. The first-order valence-corrected chi connectivity index (χ1v) is 6.40. The van der Waals surface area contributed by atoms with Crippen molar-refractivity contribution < 1.29 is 5.11 Å². The van der Waals surface area contributed by atoms with E-state index in [9.17, 15) is 5.11 Å². The molecule has 1 aromatic carbocycles. The van der Waals surface area contributed by atoms with Gasteiger partial charge in [-0.05, 0) is 18.6 Å². The highest BCUT2D eigenvalue weighted by Gasteiger charge is 2.20. The smallest absolute Gasteiger partial charge is 0.182 e. The summed E-state index contributed by atoms with van der Waals surface area (Å²) in [6.07, 6.45) is 1.27. The van der Waals surface area contributed by atoms with Gasteiger partial charge in [0.25, 0.3) is 0 Å². The number of halogens is 1. The molecule has 2 heterocycles. The number of aryl methyl sites for hydroxylation is 1. The molecule has 0 saturated carbocycles. The Kier molecular flexibility index (Phi) is 2.72. The number of nitrogens with zero attached hydrogens (tertiary/aromatic N) is 3. The normalized spacial score (nSPS) is 19.1. The van der Waals surface area contributed by atoms with Crippen molar-refractivity contribution in [3.63, 3.8) is 0 Å². The molecular formula is C12H12BrN3O. The van der Waals surface area contributed by atoms with Gasteiger partial charge in [0.15, 0.2) is 5.82 Å². The lowest BCUT2D eigenvalue weighted by Crippen LogP contribution is -2.25. The summed E-state index contributed by atoms with van der Waals surface area (Å²) in [5.74, 6) is 1.68. The number of aromatic nitrogens is 3. The van der Waals surface area contributed by atoms with Crippen molar-refractivity contribution in [2.24, 2.45) is 0 Å². The third-order valence-electron chi connectivity index (χ3n) is 2.95. The van der Waals surface area contributed by atoms with Gasteiger partial charge in [0.2, 0.25) is 0 Å². The predicted molar refractivity (Wildman–Crippen MR) is 67.5 cm³/mol. The molecule has 0 saturated heterocycles. The third-order valence-corrected chi connectivity index (χ3v) is 3.64. The topological polar surface area (TPSA) is 50.9 Å². The zero-order valence-corrected chi connectivity index (χ0v) is 10.8. The minimum Gasteiger partial charge on any atom is -0.391 e. The van der Waals surface area contributed by atoms with E-state index < -0.39 is 0 Å². The number of aliphatic hydroxyl groups is 1. The van der Waals surface area contributed by atoms with Gasteiger partial charge in [-0.15, -0.1) is 0 Å². The van der Waals surface area contributed by atoms with Gasteiger partial charge in [0.05, 0.1) is 12.6 Å². The molecule has 3 rings (SSSR count). The van der Waals surface area contributed by atoms with E-state index in [1.54, 1.807) is 0 Å². The third kappa shape index (κ3) is 2.00. The van der Waals surface area contributed by atoms with Crippen LogP contribution in [0.1, 0.15) is 12.2 Å². The average molecular weight is 294 g/mol. The summed E-state index contributed by atoms with van der Waals surface area (Å²) >= 11 is 3.50. The van der Waals surface area contributed by atoms with Crippen molar-refractivity contribution in [3.05, 3.63) is 34.6 Å². The fourth-order valence-corrected chi connectivity index (χ4v) is 2.51. The highest BCUT2D eigenvalue weighted by Crippen LogP contribution is 2.26. The number of hydrogen-bond acceptors (Lipinski definition) is 3. The second-order valence-corrected chi connectivity index (χ2v) is 5.06. The standard InChI is InChI=1S/C12H12BrN3O/c13-10-4-2-1-3-9(10)12-14-11-6-5-8(17)7-16(11)15-12/h1-4,8,17H,5-7H2. The molecule has 1 aliphatic heterocycles. The number of rotatable bonds is 1. The van der Waals surface area contributed by atoms with Crippen molar-refractivity contribution in [2.75, 3.05) is 0 Å². The fourth-order valence-electron chi connectivity index (χ4n) is 2.05. The first-order chi connectivity index (χ1) is 8.24. The highest BCUT2D eigenvalue weighted by atomic mass is 79.9. The summed E-state index contributed by atoms with van der Waals surface area (Å²) in [6.45, 7) is 0.548. The van der Waals surface area contributed by atoms with E-state index in [1.165, 1.54) is 0 Å². The van der Waals surface area contributed by atoms with E-state index in [0.29, 0.717) is 6.54 Å². The van der Waals surface area contributed by atoms with E-state index in [4.69, 9.17) is 0 Å². The maximum absolute atomic E-state index is 9.59. The van der Waals surface area contributed by atoms with Crippen molar-refractivity contribution >= 4 is 15.9 Å². The monoisotopic (exact) mass is 293 g/mol. The highest BCUT2D eigenvalue weighted by molar-refractivity contribution is 9.10. The van der Waals surface area contributed by atoms with Gasteiger partial charge in [-0.25, -0.2) is 9.67 Å². The molecule has 4 nitrogen and oxygen atoms in total. The zero-order valence-electron chi connectivity index (χ0n) is 9.17. The van der Waals surface area contributed by atoms with Crippen LogP contribution in [-0.2, 0) is 13.0 Å². The summed E-state index contributed by atoms with van der Waals surface area (Å²) in [5.41, 5.74) is 0.990. The van der Waals surface area contributed by atoms with Crippen LogP contribution in [0.15, 0.2) is 28.7 Å². The minimum atomic E-state index is -0.295. The van der Waals surface area contributed by atoms with Crippen LogP contribution in [0.4, 0.5) is 0 Å². The zero-order chi connectivity index (χ0) is 11.8. The molecule has 0 fully saturated rings. The quantitative estimate of drug-likeness (QED) is 0.875. The van der Waals surface area contributed by atoms with Gasteiger partial charge in [-0.3, -0.25) is 0 Å². The van der Waals surface area contributed by atoms with Crippen LogP contribution in [0.25, 0.3) is 11.4 Å². The van der Waals surface area contributed by atoms with E-state index in [2.05, 4.69) is 26.0 Å². The van der Waals surface area contributed by atoms with Crippen LogP contribution in [0.5, 0.6) is 0 Å². The van der Waals surface area contributed by atoms with Gasteiger partial charge in [0.1, 0.15) is 5.82 Å². The summed E-state index contributed by atoms with van der Waals surface area (Å²) in [6, 6.07) is 7.90. The SMILES string of the molecule is OC1CCc2nc(-c3ccccc3Br)nn2C1. The second-order valence-electron chi connectivity index (χ2n) is 4.21. The van der Waals surface area contributed by atoms with Gasteiger partial charge in [0, 0.05) is 16.5 Å². The Morgan fingerprint density at radius 2 is 2.18 bits per heavy atom. The molecule has 0 spiro atoms.